The number of fused-ring (bicyclic) bond motifs is 2. The molecule has 0 spiro atoms. The van der Waals surface area contributed by atoms with E-state index in [1.165, 1.54) is 27.0 Å². The topological polar surface area (TPSA) is 114 Å². The Balaban J connectivity index is 1.31. The quantitative estimate of drug-likeness (QED) is 0.623. The van der Waals surface area contributed by atoms with Crippen LogP contribution in [-0.4, -0.2) is 69.9 Å². The van der Waals surface area contributed by atoms with Crippen LogP contribution in [-0.2, 0) is 30.9 Å². The predicted octanol–water partition coefficient (Wildman–Crippen LogP) is 1.19. The van der Waals surface area contributed by atoms with Gasteiger partial charge in [0.2, 0.25) is 28.6 Å². The summed E-state index contributed by atoms with van der Waals surface area (Å²) >= 11 is 1.33. The van der Waals surface area contributed by atoms with Gasteiger partial charge in [-0.2, -0.15) is 4.31 Å². The maximum absolute atomic E-state index is 13.1. The predicted molar refractivity (Wildman–Crippen MR) is 124 cm³/mol. The van der Waals surface area contributed by atoms with Crippen molar-refractivity contribution >= 4 is 39.3 Å². The Morgan fingerprint density at radius 1 is 1.06 bits per heavy atom. The first-order valence-corrected chi connectivity index (χ1v) is 13.1. The van der Waals surface area contributed by atoms with E-state index >= 15 is 0 Å². The van der Waals surface area contributed by atoms with Crippen LogP contribution < -0.4 is 19.7 Å². The number of anilines is 1. The van der Waals surface area contributed by atoms with Crippen molar-refractivity contribution in [3.8, 4) is 11.5 Å². The monoisotopic (exact) mass is 505 g/mol. The molecule has 0 atom stereocenters. The summed E-state index contributed by atoms with van der Waals surface area (Å²) in [6, 6.07) is 10.1. The number of amides is 2. The summed E-state index contributed by atoms with van der Waals surface area (Å²) < 4.78 is 43.4. The third-order valence-electron chi connectivity index (χ3n) is 5.71. The third kappa shape index (κ3) is 4.58. The van der Waals surface area contributed by atoms with E-state index < -0.39 is 10.0 Å². The van der Waals surface area contributed by atoms with E-state index in [0.717, 1.165) is 10.5 Å². The number of carbonyl (C=O) groups excluding carboxylic acids is 2. The molecule has 5 rings (SSSR count). The van der Waals surface area contributed by atoms with Crippen LogP contribution in [0, 0.1) is 0 Å². The van der Waals surface area contributed by atoms with E-state index in [1.54, 1.807) is 24.3 Å². The number of thioether (sulfide) groups is 1. The number of carbonyl (C=O) groups is 2. The summed E-state index contributed by atoms with van der Waals surface area (Å²) in [6.07, 6.45) is 0. The van der Waals surface area contributed by atoms with Crippen molar-refractivity contribution in [3.05, 3.63) is 42.0 Å². The first kappa shape index (κ1) is 23.0. The van der Waals surface area contributed by atoms with Gasteiger partial charge in [0, 0.05) is 24.5 Å². The van der Waals surface area contributed by atoms with Crippen LogP contribution in [0.15, 0.2) is 46.2 Å². The van der Waals surface area contributed by atoms with Gasteiger partial charge in [-0.3, -0.25) is 9.59 Å². The molecule has 1 N–H and O–H groups in total. The third-order valence-corrected chi connectivity index (χ3v) is 8.65. The average molecular weight is 506 g/mol. The Bertz CT molecular complexity index is 1230. The summed E-state index contributed by atoms with van der Waals surface area (Å²) in [5, 5.41) is 2.81. The van der Waals surface area contributed by atoms with Crippen molar-refractivity contribution in [3.63, 3.8) is 0 Å². The molecule has 0 bridgehead atoms. The molecule has 34 heavy (non-hydrogen) atoms. The van der Waals surface area contributed by atoms with Crippen LogP contribution in [0.5, 0.6) is 11.5 Å². The summed E-state index contributed by atoms with van der Waals surface area (Å²) in [4.78, 5) is 27.6. The van der Waals surface area contributed by atoms with Gasteiger partial charge in [0.05, 0.1) is 29.5 Å². The van der Waals surface area contributed by atoms with Crippen LogP contribution in [0.3, 0.4) is 0 Å². The first-order chi connectivity index (χ1) is 16.4. The van der Waals surface area contributed by atoms with E-state index in [0.29, 0.717) is 30.4 Å². The summed E-state index contributed by atoms with van der Waals surface area (Å²) in [5.74, 6) is 0.851. The van der Waals surface area contributed by atoms with E-state index in [9.17, 15) is 18.0 Å². The number of morpholine rings is 1. The molecule has 2 aromatic carbocycles. The number of hydrogen-bond donors (Lipinski definition) is 1. The van der Waals surface area contributed by atoms with Crippen LogP contribution in [0.1, 0.15) is 5.56 Å². The van der Waals surface area contributed by atoms with Crippen LogP contribution >= 0.6 is 11.8 Å². The van der Waals surface area contributed by atoms with Crippen molar-refractivity contribution in [2.75, 3.05) is 50.3 Å². The minimum Gasteiger partial charge on any atom is -0.454 e. The van der Waals surface area contributed by atoms with Crippen LogP contribution in [0.4, 0.5) is 5.69 Å². The van der Waals surface area contributed by atoms with Crippen molar-refractivity contribution in [1.82, 2.24) is 9.62 Å². The molecule has 0 radical (unpaired) electrons. The fourth-order valence-corrected chi connectivity index (χ4v) is 6.25. The molecule has 12 heteroatoms. The molecule has 0 saturated carbocycles. The smallest absolute Gasteiger partial charge is 0.243 e. The molecule has 1 fully saturated rings. The second kappa shape index (κ2) is 9.45. The molecule has 3 heterocycles. The minimum atomic E-state index is -3.73. The molecule has 0 aliphatic carbocycles. The molecule has 2 amide bonds. The number of hydrogen-bond acceptors (Lipinski definition) is 8. The number of nitrogens with zero attached hydrogens (tertiary/aromatic N) is 2. The van der Waals surface area contributed by atoms with Gasteiger partial charge >= 0.3 is 0 Å². The van der Waals surface area contributed by atoms with Gasteiger partial charge in [0.15, 0.2) is 11.5 Å². The van der Waals surface area contributed by atoms with Gasteiger partial charge < -0.3 is 24.4 Å². The molecule has 3 aliphatic heterocycles. The number of sulfonamides is 1. The lowest BCUT2D eigenvalue weighted by Crippen LogP contribution is -2.43. The Kier molecular flexibility index (Phi) is 6.38. The number of benzene rings is 2. The highest BCUT2D eigenvalue weighted by Gasteiger charge is 2.31. The lowest BCUT2D eigenvalue weighted by Gasteiger charge is -2.30. The largest absolute Gasteiger partial charge is 0.454 e. The molecular weight excluding hydrogens is 482 g/mol. The zero-order valence-corrected chi connectivity index (χ0v) is 19.8. The van der Waals surface area contributed by atoms with Crippen LogP contribution in [0.2, 0.25) is 0 Å². The van der Waals surface area contributed by atoms with Crippen molar-refractivity contribution < 1.29 is 32.2 Å². The molecule has 1 saturated heterocycles. The van der Waals surface area contributed by atoms with E-state index in [2.05, 4.69) is 5.32 Å². The Morgan fingerprint density at radius 3 is 2.68 bits per heavy atom. The SMILES string of the molecule is O=C(CN1C(=O)CSc2ccc(S(=O)(=O)N3CCOCC3)cc21)NCc1ccc2c(c1)OCO2. The highest BCUT2D eigenvalue weighted by atomic mass is 32.2. The molecule has 10 nitrogen and oxygen atoms in total. The van der Waals surface area contributed by atoms with Gasteiger partial charge in [-0.15, -0.1) is 11.8 Å². The fourth-order valence-electron chi connectivity index (χ4n) is 3.90. The molecule has 3 aliphatic rings. The maximum Gasteiger partial charge on any atom is 0.243 e. The zero-order valence-electron chi connectivity index (χ0n) is 18.2. The summed E-state index contributed by atoms with van der Waals surface area (Å²) in [7, 11) is -3.73. The number of ether oxygens (including phenoxy) is 3. The average Bonchev–Trinajstić information content (AvgIpc) is 3.33. The summed E-state index contributed by atoms with van der Waals surface area (Å²) in [5.41, 5.74) is 1.26. The highest BCUT2D eigenvalue weighted by Crippen LogP contribution is 2.37. The lowest BCUT2D eigenvalue weighted by molar-refractivity contribution is -0.123. The van der Waals surface area contributed by atoms with Crippen molar-refractivity contribution in [2.45, 2.75) is 16.3 Å². The molecule has 0 unspecified atom stereocenters. The van der Waals surface area contributed by atoms with Gasteiger partial charge in [-0.1, -0.05) is 6.07 Å². The van der Waals surface area contributed by atoms with Gasteiger partial charge in [-0.25, -0.2) is 8.42 Å². The number of nitrogens with one attached hydrogen (secondary N) is 1. The highest BCUT2D eigenvalue weighted by molar-refractivity contribution is 8.00. The zero-order chi connectivity index (χ0) is 23.7. The van der Waals surface area contributed by atoms with Crippen molar-refractivity contribution in [2.24, 2.45) is 0 Å². The Labute approximate surface area is 201 Å². The van der Waals surface area contributed by atoms with Gasteiger partial charge in [-0.05, 0) is 35.9 Å². The Morgan fingerprint density at radius 2 is 1.85 bits per heavy atom. The fraction of sp³-hybridized carbons (Fsp3) is 0.364. The normalized spacial score (nSPS) is 18.0. The standard InChI is InChI=1S/C22H23N3O7S2/c26-21(23-11-15-1-3-18-19(9-15)32-14-31-18)12-25-17-10-16(2-4-20(17)33-13-22(25)27)34(28,29)24-5-7-30-8-6-24/h1-4,9-10H,5-8,11-14H2,(H,23,26). The maximum atomic E-state index is 13.1. The number of rotatable bonds is 6. The Hall–Kier alpha value is -2.80. The van der Waals surface area contributed by atoms with Gasteiger partial charge in [0.1, 0.15) is 6.54 Å². The van der Waals surface area contributed by atoms with Gasteiger partial charge in [0.25, 0.3) is 0 Å². The molecule has 0 aromatic heterocycles. The summed E-state index contributed by atoms with van der Waals surface area (Å²) in [6.45, 7) is 1.45. The van der Waals surface area contributed by atoms with Crippen molar-refractivity contribution in [1.29, 1.82) is 0 Å². The molecular formula is C22H23N3O7S2. The molecule has 180 valence electrons. The van der Waals surface area contributed by atoms with E-state index in [-0.39, 0.29) is 55.4 Å². The molecule has 2 aromatic rings. The second-order valence-electron chi connectivity index (χ2n) is 7.88. The van der Waals surface area contributed by atoms with E-state index in [4.69, 9.17) is 14.2 Å². The second-order valence-corrected chi connectivity index (χ2v) is 10.8. The van der Waals surface area contributed by atoms with Crippen LogP contribution in [0.25, 0.3) is 0 Å². The van der Waals surface area contributed by atoms with E-state index in [1.807, 2.05) is 6.07 Å². The minimum absolute atomic E-state index is 0.0919. The lowest BCUT2D eigenvalue weighted by atomic mass is 10.2. The first-order valence-electron chi connectivity index (χ1n) is 10.7.